The molecule has 1 atom stereocenters. The second kappa shape index (κ2) is 11.8. The molecule has 9 nitrogen and oxygen atoms in total. The number of aryl methyl sites for hydroxylation is 2. The fourth-order valence-electron chi connectivity index (χ4n) is 5.53. The van der Waals surface area contributed by atoms with Crippen LogP contribution in [0, 0.1) is 19.8 Å². The maximum absolute atomic E-state index is 13.8. The van der Waals surface area contributed by atoms with Crippen LogP contribution in [0.2, 0.25) is 0 Å². The predicted octanol–water partition coefficient (Wildman–Crippen LogP) is 6.74. The number of rotatable bonds is 8. The lowest BCUT2D eigenvalue weighted by Gasteiger charge is -2.24. The van der Waals surface area contributed by atoms with E-state index in [1.54, 1.807) is 43.5 Å². The van der Waals surface area contributed by atoms with Gasteiger partial charge in [-0.2, -0.15) is 0 Å². The summed E-state index contributed by atoms with van der Waals surface area (Å²) in [6.45, 7) is 9.52. The van der Waals surface area contributed by atoms with Gasteiger partial charge in [0.15, 0.2) is 28.1 Å². The molecule has 2 aliphatic rings. The number of aliphatic hydroxyl groups is 1. The van der Waals surface area contributed by atoms with E-state index in [2.05, 4.69) is 13.8 Å². The number of methoxy groups -OCH3 is 1. The van der Waals surface area contributed by atoms with Crippen molar-refractivity contribution in [2.75, 3.05) is 31.8 Å². The maximum Gasteiger partial charge on any atom is 0.301 e. The summed E-state index contributed by atoms with van der Waals surface area (Å²) < 4.78 is 23.9. The van der Waals surface area contributed by atoms with Crippen LogP contribution in [0.1, 0.15) is 48.6 Å². The minimum absolute atomic E-state index is 0.0608. The zero-order valence-electron chi connectivity index (χ0n) is 25.3. The summed E-state index contributed by atoms with van der Waals surface area (Å²) in [5.41, 5.74) is 3.62. The van der Waals surface area contributed by atoms with E-state index in [0.717, 1.165) is 27.8 Å². The van der Waals surface area contributed by atoms with E-state index in [-0.39, 0.29) is 11.3 Å². The highest BCUT2D eigenvalue weighted by atomic mass is 32.1. The SMILES string of the molecule is COc1cc(C2/C(=C(\O)c3ccc4c(c3)OCCO4)C(=O)C(=O)N2c2nc3c(C)cc(C)cc3s2)ccc1OCCC(C)C. The normalized spacial score (nSPS) is 17.5. The van der Waals surface area contributed by atoms with E-state index in [1.807, 2.05) is 26.0 Å². The molecule has 0 aliphatic carbocycles. The van der Waals surface area contributed by atoms with E-state index < -0.39 is 17.7 Å². The Hall–Kier alpha value is -4.57. The summed E-state index contributed by atoms with van der Waals surface area (Å²) in [6, 6.07) is 13.3. The summed E-state index contributed by atoms with van der Waals surface area (Å²) in [5, 5.41) is 12.0. The lowest BCUT2D eigenvalue weighted by Crippen LogP contribution is -2.29. The number of ether oxygens (including phenoxy) is 4. The van der Waals surface area contributed by atoms with Gasteiger partial charge in [0.05, 0.1) is 35.5 Å². The van der Waals surface area contributed by atoms with Crippen LogP contribution in [0.25, 0.3) is 16.0 Å². The molecular formula is C34H34N2O7S. The number of ketones is 1. The Labute approximate surface area is 259 Å². The number of hydrogen-bond acceptors (Lipinski definition) is 9. The summed E-state index contributed by atoms with van der Waals surface area (Å²) in [7, 11) is 1.54. The van der Waals surface area contributed by atoms with Crippen molar-refractivity contribution in [1.82, 2.24) is 4.98 Å². The van der Waals surface area contributed by atoms with Crippen molar-refractivity contribution >= 4 is 44.1 Å². The highest BCUT2D eigenvalue weighted by Crippen LogP contribution is 2.47. The maximum atomic E-state index is 13.8. The summed E-state index contributed by atoms with van der Waals surface area (Å²) >= 11 is 1.33. The van der Waals surface area contributed by atoms with Gasteiger partial charge in [-0.05, 0) is 79.3 Å². The Balaban J connectivity index is 1.51. The van der Waals surface area contributed by atoms with Gasteiger partial charge in [-0.25, -0.2) is 4.98 Å². The van der Waals surface area contributed by atoms with Crippen LogP contribution >= 0.6 is 11.3 Å². The lowest BCUT2D eigenvalue weighted by molar-refractivity contribution is -0.132. The molecule has 1 amide bonds. The molecule has 1 N–H and O–H groups in total. The number of fused-ring (bicyclic) bond motifs is 2. The average Bonchev–Trinajstić information content (AvgIpc) is 3.54. The predicted molar refractivity (Wildman–Crippen MR) is 169 cm³/mol. The van der Waals surface area contributed by atoms with Crippen LogP contribution in [-0.4, -0.2) is 48.7 Å². The largest absolute Gasteiger partial charge is 0.507 e. The molecule has 0 bridgehead atoms. The molecule has 3 heterocycles. The molecule has 2 aliphatic heterocycles. The van der Waals surface area contributed by atoms with Gasteiger partial charge < -0.3 is 24.1 Å². The molecule has 1 fully saturated rings. The number of thiazole rings is 1. The van der Waals surface area contributed by atoms with Gasteiger partial charge in [-0.15, -0.1) is 0 Å². The number of nitrogens with zero attached hydrogens (tertiary/aromatic N) is 2. The Morgan fingerprint density at radius 1 is 1.05 bits per heavy atom. The first-order valence-electron chi connectivity index (χ1n) is 14.6. The third-order valence-corrected chi connectivity index (χ3v) is 8.74. The van der Waals surface area contributed by atoms with Gasteiger partial charge in [0.25, 0.3) is 5.78 Å². The molecule has 0 saturated carbocycles. The molecule has 1 unspecified atom stereocenters. The van der Waals surface area contributed by atoms with E-state index in [4.69, 9.17) is 23.9 Å². The lowest BCUT2D eigenvalue weighted by atomic mass is 9.95. The second-order valence-electron chi connectivity index (χ2n) is 11.4. The summed E-state index contributed by atoms with van der Waals surface area (Å²) in [6.07, 6.45) is 0.872. The van der Waals surface area contributed by atoms with E-state index in [0.29, 0.717) is 65.0 Å². The smallest absolute Gasteiger partial charge is 0.301 e. The number of aliphatic hydroxyl groups excluding tert-OH is 1. The topological polar surface area (TPSA) is 107 Å². The van der Waals surface area contributed by atoms with Crippen molar-refractivity contribution in [2.45, 2.75) is 40.2 Å². The number of anilines is 1. The third kappa shape index (κ3) is 5.34. The van der Waals surface area contributed by atoms with Crippen LogP contribution in [0.5, 0.6) is 23.0 Å². The first kappa shape index (κ1) is 29.5. The molecule has 228 valence electrons. The Kier molecular flexibility index (Phi) is 7.94. The van der Waals surface area contributed by atoms with Crippen molar-refractivity contribution in [3.63, 3.8) is 0 Å². The van der Waals surface area contributed by atoms with Gasteiger partial charge in [0.1, 0.15) is 19.0 Å². The number of hydrogen-bond donors (Lipinski definition) is 1. The Morgan fingerprint density at radius 3 is 2.57 bits per heavy atom. The molecule has 3 aromatic carbocycles. The monoisotopic (exact) mass is 614 g/mol. The molecule has 10 heteroatoms. The van der Waals surface area contributed by atoms with Crippen molar-refractivity contribution in [2.24, 2.45) is 5.92 Å². The number of Topliss-reactive ketones (excluding diaryl/α,β-unsaturated/α-hetero) is 1. The molecular weight excluding hydrogens is 580 g/mol. The highest BCUT2D eigenvalue weighted by molar-refractivity contribution is 7.22. The summed E-state index contributed by atoms with van der Waals surface area (Å²) in [4.78, 5) is 33.8. The molecule has 1 saturated heterocycles. The van der Waals surface area contributed by atoms with Crippen LogP contribution in [0.15, 0.2) is 54.1 Å². The number of aromatic nitrogens is 1. The number of amides is 1. The van der Waals surface area contributed by atoms with Gasteiger partial charge in [0.2, 0.25) is 0 Å². The van der Waals surface area contributed by atoms with Crippen molar-refractivity contribution < 1.29 is 33.6 Å². The van der Waals surface area contributed by atoms with Crippen LogP contribution in [0.4, 0.5) is 5.13 Å². The van der Waals surface area contributed by atoms with Gasteiger partial charge in [-0.1, -0.05) is 37.3 Å². The zero-order chi connectivity index (χ0) is 31.1. The number of benzene rings is 3. The van der Waals surface area contributed by atoms with E-state index in [9.17, 15) is 14.7 Å². The van der Waals surface area contributed by atoms with Crippen molar-refractivity contribution in [1.29, 1.82) is 0 Å². The van der Waals surface area contributed by atoms with E-state index in [1.165, 1.54) is 16.2 Å². The fraction of sp³-hybridized carbons (Fsp3) is 0.324. The fourth-order valence-corrected chi connectivity index (χ4v) is 6.70. The third-order valence-electron chi connectivity index (χ3n) is 7.74. The quantitative estimate of drug-likeness (QED) is 0.132. The Morgan fingerprint density at radius 2 is 1.82 bits per heavy atom. The Bertz CT molecular complexity index is 1810. The molecule has 4 aromatic rings. The first-order valence-corrected chi connectivity index (χ1v) is 15.4. The second-order valence-corrected chi connectivity index (χ2v) is 12.4. The average molecular weight is 615 g/mol. The first-order chi connectivity index (χ1) is 21.2. The molecule has 44 heavy (non-hydrogen) atoms. The molecule has 6 rings (SSSR count). The van der Waals surface area contributed by atoms with E-state index >= 15 is 0 Å². The number of carbonyl (C=O) groups excluding carboxylic acids is 2. The molecule has 0 spiro atoms. The summed E-state index contributed by atoms with van der Waals surface area (Å²) in [5.74, 6) is 0.553. The molecule has 0 radical (unpaired) electrons. The highest BCUT2D eigenvalue weighted by Gasteiger charge is 2.48. The van der Waals surface area contributed by atoms with Crippen LogP contribution in [0.3, 0.4) is 0 Å². The minimum Gasteiger partial charge on any atom is -0.507 e. The zero-order valence-corrected chi connectivity index (χ0v) is 26.1. The van der Waals surface area contributed by atoms with Gasteiger partial charge in [0, 0.05) is 5.56 Å². The standard InChI is InChI=1S/C34H34N2O7S/c1-18(2)10-11-41-23-8-6-21(16-25(23)40-5)30-28(31(37)22-7-9-24-26(17-22)43-13-12-42-24)32(38)33(39)36(30)34-35-29-20(4)14-19(3)15-27(29)44-34/h6-9,14-18,30,37H,10-13H2,1-5H3/b31-28+. The van der Waals surface area contributed by atoms with Crippen molar-refractivity contribution in [3.8, 4) is 23.0 Å². The van der Waals surface area contributed by atoms with Gasteiger partial charge >= 0.3 is 5.91 Å². The number of carbonyl (C=O) groups is 2. The van der Waals surface area contributed by atoms with Crippen molar-refractivity contribution in [3.05, 3.63) is 76.4 Å². The minimum atomic E-state index is -0.983. The van der Waals surface area contributed by atoms with Gasteiger partial charge in [-0.3, -0.25) is 14.5 Å². The van der Waals surface area contributed by atoms with Crippen LogP contribution in [-0.2, 0) is 9.59 Å². The van der Waals surface area contributed by atoms with Crippen LogP contribution < -0.4 is 23.8 Å². The molecule has 1 aromatic heterocycles.